The first-order valence-electron chi connectivity index (χ1n) is 5.95. The molecule has 0 fully saturated rings. The molecule has 0 aliphatic carbocycles. The van der Waals surface area contributed by atoms with Gasteiger partial charge in [0.25, 0.3) is 0 Å². The fourth-order valence-corrected chi connectivity index (χ4v) is 1.91. The Balaban J connectivity index is 2.74. The lowest BCUT2D eigenvalue weighted by atomic mass is 9.95. The van der Waals surface area contributed by atoms with Crippen LogP contribution in [0, 0.1) is 6.92 Å². The molecule has 2 atom stereocenters. The maximum Gasteiger partial charge on any atom is 0.325 e. The zero-order valence-corrected chi connectivity index (χ0v) is 12.0. The molecule has 0 bridgehead atoms. The number of carbonyl (C=O) groups excluding carboxylic acids is 1. The van der Waals surface area contributed by atoms with Crippen LogP contribution in [0.3, 0.4) is 0 Å². The number of hydrogen-bond donors (Lipinski definition) is 1. The SMILES string of the molecule is CCOC(=O)C(C)(N)CC(C)n1cc(Cl)c(C)n1. The lowest BCUT2D eigenvalue weighted by molar-refractivity contribution is -0.149. The van der Waals surface area contributed by atoms with Crippen LogP contribution < -0.4 is 5.73 Å². The van der Waals surface area contributed by atoms with Gasteiger partial charge in [0.2, 0.25) is 0 Å². The molecule has 0 aliphatic heterocycles. The molecule has 18 heavy (non-hydrogen) atoms. The van der Waals surface area contributed by atoms with E-state index in [4.69, 9.17) is 22.1 Å². The molecule has 0 aromatic carbocycles. The minimum absolute atomic E-state index is 0.0318. The van der Waals surface area contributed by atoms with Gasteiger partial charge in [0.05, 0.1) is 23.4 Å². The first-order chi connectivity index (χ1) is 8.27. The molecule has 102 valence electrons. The molecule has 0 spiro atoms. The molecule has 2 unspecified atom stereocenters. The molecule has 1 rings (SSSR count). The zero-order chi connectivity index (χ0) is 13.9. The van der Waals surface area contributed by atoms with E-state index in [0.717, 1.165) is 5.69 Å². The number of nitrogens with zero attached hydrogens (tertiary/aromatic N) is 2. The summed E-state index contributed by atoms with van der Waals surface area (Å²) in [5.41, 5.74) is 5.72. The summed E-state index contributed by atoms with van der Waals surface area (Å²) in [6.45, 7) is 7.52. The number of hydrogen-bond acceptors (Lipinski definition) is 4. The second-order valence-electron chi connectivity index (χ2n) is 4.73. The van der Waals surface area contributed by atoms with Crippen LogP contribution in [-0.2, 0) is 9.53 Å². The lowest BCUT2D eigenvalue weighted by Gasteiger charge is -2.25. The van der Waals surface area contributed by atoms with E-state index in [0.29, 0.717) is 18.1 Å². The van der Waals surface area contributed by atoms with Crippen molar-refractivity contribution in [2.75, 3.05) is 6.61 Å². The van der Waals surface area contributed by atoms with Crippen molar-refractivity contribution >= 4 is 17.6 Å². The maximum absolute atomic E-state index is 11.7. The Kier molecular flexibility index (Phi) is 4.76. The Morgan fingerprint density at radius 2 is 2.33 bits per heavy atom. The highest BCUT2D eigenvalue weighted by atomic mass is 35.5. The van der Waals surface area contributed by atoms with Crippen molar-refractivity contribution in [2.45, 2.75) is 45.7 Å². The van der Waals surface area contributed by atoms with Crippen molar-refractivity contribution in [3.63, 3.8) is 0 Å². The van der Waals surface area contributed by atoms with Crippen molar-refractivity contribution in [3.05, 3.63) is 16.9 Å². The van der Waals surface area contributed by atoms with Crippen molar-refractivity contribution < 1.29 is 9.53 Å². The maximum atomic E-state index is 11.7. The van der Waals surface area contributed by atoms with Crippen LogP contribution in [0.2, 0.25) is 5.02 Å². The Labute approximate surface area is 112 Å². The quantitative estimate of drug-likeness (QED) is 0.834. The standard InChI is InChI=1S/C12H20ClN3O2/c1-5-18-11(17)12(4,14)6-8(2)16-7-10(13)9(3)15-16/h7-8H,5-6,14H2,1-4H3. The monoisotopic (exact) mass is 273 g/mol. The molecule has 6 heteroatoms. The molecule has 0 aliphatic rings. The summed E-state index contributed by atoms with van der Waals surface area (Å²) >= 11 is 5.95. The van der Waals surface area contributed by atoms with E-state index in [1.165, 1.54) is 0 Å². The summed E-state index contributed by atoms with van der Waals surface area (Å²) in [5, 5.41) is 4.88. The van der Waals surface area contributed by atoms with Crippen molar-refractivity contribution in [1.82, 2.24) is 9.78 Å². The van der Waals surface area contributed by atoms with Crippen LogP contribution in [0.15, 0.2) is 6.20 Å². The average Bonchev–Trinajstić information content (AvgIpc) is 2.59. The van der Waals surface area contributed by atoms with Gasteiger partial charge in [-0.05, 0) is 34.1 Å². The third kappa shape index (κ3) is 3.46. The third-order valence-corrected chi connectivity index (χ3v) is 3.14. The number of esters is 1. The molecule has 1 aromatic heterocycles. The van der Waals surface area contributed by atoms with Gasteiger partial charge < -0.3 is 10.5 Å². The summed E-state index contributed by atoms with van der Waals surface area (Å²) in [7, 11) is 0. The third-order valence-electron chi connectivity index (χ3n) is 2.77. The fourth-order valence-electron chi connectivity index (χ4n) is 1.77. The van der Waals surface area contributed by atoms with E-state index in [2.05, 4.69) is 5.10 Å². The van der Waals surface area contributed by atoms with Gasteiger partial charge in [0, 0.05) is 6.20 Å². The molecule has 0 saturated heterocycles. The van der Waals surface area contributed by atoms with Gasteiger partial charge in [-0.15, -0.1) is 0 Å². The number of aromatic nitrogens is 2. The second-order valence-corrected chi connectivity index (χ2v) is 5.14. The van der Waals surface area contributed by atoms with Crippen LogP contribution in [-0.4, -0.2) is 27.9 Å². The Bertz CT molecular complexity index is 409. The van der Waals surface area contributed by atoms with Gasteiger partial charge >= 0.3 is 5.97 Å². The lowest BCUT2D eigenvalue weighted by Crippen LogP contribution is -2.47. The van der Waals surface area contributed by atoms with E-state index >= 15 is 0 Å². The first kappa shape index (κ1) is 15.0. The molecule has 1 aromatic rings. The topological polar surface area (TPSA) is 70.1 Å². The highest BCUT2D eigenvalue weighted by Crippen LogP contribution is 2.22. The minimum Gasteiger partial charge on any atom is -0.465 e. The predicted molar refractivity (Wildman–Crippen MR) is 70.5 cm³/mol. The van der Waals surface area contributed by atoms with Crippen LogP contribution in [0.25, 0.3) is 0 Å². The smallest absolute Gasteiger partial charge is 0.325 e. The number of nitrogens with two attached hydrogens (primary N) is 1. The molecule has 2 N–H and O–H groups in total. The summed E-state index contributed by atoms with van der Waals surface area (Å²) in [6, 6.07) is -0.0318. The van der Waals surface area contributed by atoms with E-state index in [9.17, 15) is 4.79 Å². The molecular weight excluding hydrogens is 254 g/mol. The number of rotatable bonds is 5. The Hall–Kier alpha value is -1.07. The summed E-state index contributed by atoms with van der Waals surface area (Å²) in [4.78, 5) is 11.7. The second kappa shape index (κ2) is 5.71. The Morgan fingerprint density at radius 3 is 2.78 bits per heavy atom. The Morgan fingerprint density at radius 1 is 1.72 bits per heavy atom. The summed E-state index contributed by atoms with van der Waals surface area (Å²) in [6.07, 6.45) is 2.17. The molecule has 5 nitrogen and oxygen atoms in total. The van der Waals surface area contributed by atoms with Gasteiger partial charge in [-0.1, -0.05) is 11.6 Å². The van der Waals surface area contributed by atoms with Gasteiger partial charge in [0.15, 0.2) is 0 Å². The number of carbonyl (C=O) groups is 1. The van der Waals surface area contributed by atoms with E-state index in [-0.39, 0.29) is 6.04 Å². The van der Waals surface area contributed by atoms with Crippen molar-refractivity contribution in [2.24, 2.45) is 5.73 Å². The van der Waals surface area contributed by atoms with Crippen molar-refractivity contribution in [1.29, 1.82) is 0 Å². The summed E-state index contributed by atoms with van der Waals surface area (Å²) < 4.78 is 6.68. The van der Waals surface area contributed by atoms with Gasteiger partial charge in [0.1, 0.15) is 5.54 Å². The molecule has 0 saturated carbocycles. The van der Waals surface area contributed by atoms with Crippen LogP contribution in [0.5, 0.6) is 0 Å². The normalized spacial score (nSPS) is 16.1. The van der Waals surface area contributed by atoms with Crippen LogP contribution >= 0.6 is 11.6 Å². The van der Waals surface area contributed by atoms with E-state index < -0.39 is 11.5 Å². The summed E-state index contributed by atoms with van der Waals surface area (Å²) in [5.74, 6) is -0.396. The molecule has 1 heterocycles. The van der Waals surface area contributed by atoms with Gasteiger partial charge in [-0.3, -0.25) is 9.48 Å². The van der Waals surface area contributed by atoms with Crippen LogP contribution in [0.4, 0.5) is 0 Å². The highest BCUT2D eigenvalue weighted by molar-refractivity contribution is 6.31. The van der Waals surface area contributed by atoms with Crippen molar-refractivity contribution in [3.8, 4) is 0 Å². The molecule has 0 radical (unpaired) electrons. The van der Waals surface area contributed by atoms with Crippen LogP contribution in [0.1, 0.15) is 38.9 Å². The van der Waals surface area contributed by atoms with E-state index in [1.54, 1.807) is 24.7 Å². The fraction of sp³-hybridized carbons (Fsp3) is 0.667. The van der Waals surface area contributed by atoms with Gasteiger partial charge in [-0.25, -0.2) is 0 Å². The van der Waals surface area contributed by atoms with Gasteiger partial charge in [-0.2, -0.15) is 5.10 Å². The number of halogens is 1. The molecule has 0 amide bonds. The highest BCUT2D eigenvalue weighted by Gasteiger charge is 2.32. The molecular formula is C12H20ClN3O2. The number of ether oxygens (including phenoxy) is 1. The van der Waals surface area contributed by atoms with E-state index in [1.807, 2.05) is 13.8 Å². The minimum atomic E-state index is -1.03. The number of aryl methyl sites for hydroxylation is 1. The predicted octanol–water partition coefficient (Wildman–Crippen LogP) is 2.08. The zero-order valence-electron chi connectivity index (χ0n) is 11.2. The first-order valence-corrected chi connectivity index (χ1v) is 6.33. The largest absolute Gasteiger partial charge is 0.465 e. The average molecular weight is 274 g/mol.